The molecule has 1 saturated heterocycles. The van der Waals surface area contributed by atoms with Gasteiger partial charge in [-0.3, -0.25) is 0 Å². The van der Waals surface area contributed by atoms with Crippen LogP contribution in [-0.2, 0) is 0 Å². The predicted molar refractivity (Wildman–Crippen MR) is 45.9 cm³/mol. The Morgan fingerprint density at radius 2 is 1.92 bits per heavy atom. The van der Waals surface area contributed by atoms with Crippen LogP contribution in [0.5, 0.6) is 0 Å². The summed E-state index contributed by atoms with van der Waals surface area (Å²) in [6.07, 6.45) is 1.20. The van der Waals surface area contributed by atoms with E-state index in [9.17, 15) is 9.90 Å². The van der Waals surface area contributed by atoms with E-state index >= 15 is 0 Å². The number of urea groups is 1. The second kappa shape index (κ2) is 3.76. The van der Waals surface area contributed by atoms with Crippen LogP contribution in [0.25, 0.3) is 0 Å². The van der Waals surface area contributed by atoms with Crippen LogP contribution in [0.3, 0.4) is 0 Å². The maximum Gasteiger partial charge on any atom is 0.319 e. The van der Waals surface area contributed by atoms with Crippen molar-refractivity contribution in [2.24, 2.45) is 0 Å². The van der Waals surface area contributed by atoms with Crippen LogP contribution in [0.2, 0.25) is 0 Å². The Morgan fingerprint density at radius 1 is 1.42 bits per heavy atom. The standard InChI is InChI=1S/C8H16N2O2/c1-9(2)8(12)10-5-3-7(11)4-6-10/h7,11H,3-6H2,1-2H3. The quantitative estimate of drug-likeness (QED) is 0.564. The van der Waals surface area contributed by atoms with Crippen LogP contribution < -0.4 is 0 Å². The lowest BCUT2D eigenvalue weighted by Crippen LogP contribution is -2.44. The van der Waals surface area contributed by atoms with Gasteiger partial charge in [0.2, 0.25) is 0 Å². The Labute approximate surface area is 72.8 Å². The van der Waals surface area contributed by atoms with Crippen molar-refractivity contribution >= 4 is 6.03 Å². The molecule has 0 aromatic rings. The highest BCUT2D eigenvalue weighted by atomic mass is 16.3. The number of amides is 2. The molecule has 12 heavy (non-hydrogen) atoms. The fraction of sp³-hybridized carbons (Fsp3) is 0.875. The zero-order valence-electron chi connectivity index (χ0n) is 7.66. The first kappa shape index (κ1) is 9.32. The molecule has 1 aliphatic heterocycles. The molecule has 1 fully saturated rings. The van der Waals surface area contributed by atoms with Crippen molar-refractivity contribution in [3.05, 3.63) is 0 Å². The Morgan fingerprint density at radius 3 is 2.33 bits per heavy atom. The van der Waals surface area contributed by atoms with Crippen LogP contribution in [0.4, 0.5) is 4.79 Å². The number of piperidine rings is 1. The van der Waals surface area contributed by atoms with Crippen molar-refractivity contribution in [1.29, 1.82) is 0 Å². The van der Waals surface area contributed by atoms with Crippen molar-refractivity contribution < 1.29 is 9.90 Å². The second-order valence-corrected chi connectivity index (χ2v) is 3.40. The summed E-state index contributed by atoms with van der Waals surface area (Å²) in [6.45, 7) is 1.36. The molecule has 1 heterocycles. The molecular formula is C8H16N2O2. The molecule has 4 nitrogen and oxygen atoms in total. The highest BCUT2D eigenvalue weighted by molar-refractivity contribution is 5.73. The van der Waals surface area contributed by atoms with Gasteiger partial charge in [-0.1, -0.05) is 0 Å². The van der Waals surface area contributed by atoms with E-state index in [4.69, 9.17) is 0 Å². The lowest BCUT2D eigenvalue weighted by Gasteiger charge is -2.31. The molecule has 0 aliphatic carbocycles. The highest BCUT2D eigenvalue weighted by Crippen LogP contribution is 2.10. The number of likely N-dealkylation sites (tertiary alicyclic amines) is 1. The molecule has 0 saturated carbocycles. The van der Waals surface area contributed by atoms with E-state index in [0.717, 1.165) is 0 Å². The largest absolute Gasteiger partial charge is 0.393 e. The first-order chi connectivity index (χ1) is 5.61. The Balaban J connectivity index is 2.39. The smallest absolute Gasteiger partial charge is 0.319 e. The number of hydrogen-bond acceptors (Lipinski definition) is 2. The maximum atomic E-state index is 11.4. The van der Waals surface area contributed by atoms with Crippen molar-refractivity contribution in [1.82, 2.24) is 9.80 Å². The van der Waals surface area contributed by atoms with Gasteiger partial charge in [0.25, 0.3) is 0 Å². The molecule has 0 atom stereocenters. The van der Waals surface area contributed by atoms with Gasteiger partial charge in [-0.15, -0.1) is 0 Å². The van der Waals surface area contributed by atoms with E-state index in [1.807, 2.05) is 0 Å². The normalized spacial score (nSPS) is 19.4. The predicted octanol–water partition coefficient (Wildman–Crippen LogP) is 0.125. The molecule has 4 heteroatoms. The van der Waals surface area contributed by atoms with Crippen LogP contribution >= 0.6 is 0 Å². The van der Waals surface area contributed by atoms with Gasteiger partial charge in [-0.25, -0.2) is 4.79 Å². The van der Waals surface area contributed by atoms with E-state index in [-0.39, 0.29) is 12.1 Å². The van der Waals surface area contributed by atoms with E-state index in [1.54, 1.807) is 23.9 Å². The van der Waals surface area contributed by atoms with Crippen LogP contribution in [0.1, 0.15) is 12.8 Å². The summed E-state index contributed by atoms with van der Waals surface area (Å²) >= 11 is 0. The van der Waals surface area contributed by atoms with Crippen molar-refractivity contribution in [3.8, 4) is 0 Å². The van der Waals surface area contributed by atoms with Crippen LogP contribution in [0.15, 0.2) is 0 Å². The summed E-state index contributed by atoms with van der Waals surface area (Å²) in [6, 6.07) is 0.0434. The number of carbonyl (C=O) groups excluding carboxylic acids is 1. The van der Waals surface area contributed by atoms with Gasteiger partial charge in [0.05, 0.1) is 6.10 Å². The molecular weight excluding hydrogens is 156 g/mol. The zero-order chi connectivity index (χ0) is 9.14. The maximum absolute atomic E-state index is 11.4. The minimum absolute atomic E-state index is 0.0434. The molecule has 0 radical (unpaired) electrons. The van der Waals surface area contributed by atoms with E-state index in [2.05, 4.69) is 0 Å². The zero-order valence-corrected chi connectivity index (χ0v) is 7.66. The third kappa shape index (κ3) is 2.11. The average molecular weight is 172 g/mol. The summed E-state index contributed by atoms with van der Waals surface area (Å²) in [7, 11) is 3.49. The molecule has 1 aliphatic rings. The van der Waals surface area contributed by atoms with Crippen LogP contribution in [-0.4, -0.2) is 54.2 Å². The van der Waals surface area contributed by atoms with Gasteiger partial charge >= 0.3 is 6.03 Å². The number of aliphatic hydroxyl groups excluding tert-OH is 1. The van der Waals surface area contributed by atoms with Gasteiger partial charge in [0.15, 0.2) is 0 Å². The number of rotatable bonds is 0. The second-order valence-electron chi connectivity index (χ2n) is 3.40. The Hall–Kier alpha value is -0.770. The molecule has 70 valence electrons. The van der Waals surface area contributed by atoms with Crippen molar-refractivity contribution in [2.75, 3.05) is 27.2 Å². The van der Waals surface area contributed by atoms with E-state index < -0.39 is 0 Å². The van der Waals surface area contributed by atoms with Gasteiger partial charge < -0.3 is 14.9 Å². The van der Waals surface area contributed by atoms with E-state index in [0.29, 0.717) is 25.9 Å². The first-order valence-electron chi connectivity index (χ1n) is 4.25. The lowest BCUT2D eigenvalue weighted by molar-refractivity contribution is 0.0863. The highest BCUT2D eigenvalue weighted by Gasteiger charge is 2.21. The molecule has 2 amide bonds. The summed E-state index contributed by atoms with van der Waals surface area (Å²) in [5.41, 5.74) is 0. The summed E-state index contributed by atoms with van der Waals surface area (Å²) in [5, 5.41) is 9.20. The molecule has 0 aromatic heterocycles. The first-order valence-corrected chi connectivity index (χ1v) is 4.25. The van der Waals surface area contributed by atoms with Crippen molar-refractivity contribution in [3.63, 3.8) is 0 Å². The topological polar surface area (TPSA) is 43.8 Å². The van der Waals surface area contributed by atoms with Gasteiger partial charge in [-0.05, 0) is 12.8 Å². The summed E-state index contributed by atoms with van der Waals surface area (Å²) < 4.78 is 0. The van der Waals surface area contributed by atoms with Gasteiger partial charge in [0, 0.05) is 27.2 Å². The minimum atomic E-state index is -0.212. The Kier molecular flexibility index (Phi) is 2.92. The molecule has 0 bridgehead atoms. The third-order valence-electron chi connectivity index (χ3n) is 2.12. The Bertz CT molecular complexity index is 162. The van der Waals surface area contributed by atoms with Crippen LogP contribution in [0, 0.1) is 0 Å². The molecule has 0 spiro atoms. The van der Waals surface area contributed by atoms with E-state index in [1.165, 1.54) is 0 Å². The minimum Gasteiger partial charge on any atom is -0.393 e. The SMILES string of the molecule is CN(C)C(=O)N1CCC(O)CC1. The molecule has 1 rings (SSSR count). The lowest BCUT2D eigenvalue weighted by atomic mass is 10.1. The fourth-order valence-electron chi connectivity index (χ4n) is 1.34. The van der Waals surface area contributed by atoms with Gasteiger partial charge in [-0.2, -0.15) is 0 Å². The summed E-state index contributed by atoms with van der Waals surface area (Å²) in [5.74, 6) is 0. The fourth-order valence-corrected chi connectivity index (χ4v) is 1.34. The monoisotopic (exact) mass is 172 g/mol. The molecule has 0 aromatic carbocycles. The molecule has 1 N–H and O–H groups in total. The number of hydrogen-bond donors (Lipinski definition) is 1. The van der Waals surface area contributed by atoms with Crippen molar-refractivity contribution in [2.45, 2.75) is 18.9 Å². The van der Waals surface area contributed by atoms with Gasteiger partial charge in [0.1, 0.15) is 0 Å². The number of carbonyl (C=O) groups is 1. The summed E-state index contributed by atoms with van der Waals surface area (Å²) in [4.78, 5) is 14.7. The number of nitrogens with zero attached hydrogens (tertiary/aromatic N) is 2. The molecule has 0 unspecified atom stereocenters. The average Bonchev–Trinajstić information content (AvgIpc) is 2.04. The third-order valence-corrected chi connectivity index (χ3v) is 2.12. The number of aliphatic hydroxyl groups is 1.